The van der Waals surface area contributed by atoms with E-state index in [4.69, 9.17) is 5.84 Å². The molecule has 21 heavy (non-hydrogen) atoms. The zero-order valence-corrected chi connectivity index (χ0v) is 13.0. The molecule has 1 fully saturated rings. The van der Waals surface area contributed by atoms with Crippen LogP contribution < -0.4 is 16.6 Å². The number of hydrazine groups is 1. The maximum absolute atomic E-state index is 12.2. The van der Waals surface area contributed by atoms with Gasteiger partial charge in [-0.05, 0) is 42.7 Å². The van der Waals surface area contributed by atoms with Gasteiger partial charge in [-0.25, -0.2) is 10.8 Å². The van der Waals surface area contributed by atoms with E-state index in [1.165, 1.54) is 32.1 Å². The third-order valence-corrected chi connectivity index (χ3v) is 4.30. The van der Waals surface area contributed by atoms with E-state index < -0.39 is 0 Å². The van der Waals surface area contributed by atoms with E-state index in [-0.39, 0.29) is 11.3 Å². The van der Waals surface area contributed by atoms with Crippen molar-refractivity contribution in [2.24, 2.45) is 17.2 Å². The first-order chi connectivity index (χ1) is 10.0. The first kappa shape index (κ1) is 15.8. The van der Waals surface area contributed by atoms with E-state index in [1.807, 2.05) is 0 Å². The average Bonchev–Trinajstić information content (AvgIpc) is 2.93. The van der Waals surface area contributed by atoms with Gasteiger partial charge in [0.2, 0.25) is 0 Å². The molecule has 0 bridgehead atoms. The standard InChI is InChI=1S/C16H26N4O/c1-12(2)9-16(7-3-4-8-16)11-19-15(21)13-5-6-14(20-17)18-10-13/h5-6,10,12H,3-4,7-9,11,17H2,1-2H3,(H,18,20)(H,19,21). The van der Waals surface area contributed by atoms with Crippen molar-refractivity contribution >= 4 is 11.7 Å². The topological polar surface area (TPSA) is 80.0 Å². The molecule has 1 heterocycles. The summed E-state index contributed by atoms with van der Waals surface area (Å²) in [6, 6.07) is 3.44. The van der Waals surface area contributed by atoms with Crippen LogP contribution in [0, 0.1) is 11.3 Å². The van der Waals surface area contributed by atoms with Gasteiger partial charge in [0, 0.05) is 12.7 Å². The van der Waals surface area contributed by atoms with Crippen molar-refractivity contribution in [3.63, 3.8) is 0 Å². The molecule has 116 valence electrons. The highest BCUT2D eigenvalue weighted by Gasteiger charge is 2.34. The fourth-order valence-corrected chi connectivity index (χ4v) is 3.43. The summed E-state index contributed by atoms with van der Waals surface area (Å²) in [6.07, 6.45) is 7.73. The molecule has 5 heteroatoms. The second-order valence-corrected chi connectivity index (χ2v) is 6.56. The Kier molecular flexibility index (Phi) is 5.17. The summed E-state index contributed by atoms with van der Waals surface area (Å²) in [4.78, 5) is 16.3. The molecular weight excluding hydrogens is 264 g/mol. The molecule has 0 aromatic carbocycles. The van der Waals surface area contributed by atoms with E-state index in [0.29, 0.717) is 17.3 Å². The van der Waals surface area contributed by atoms with Crippen LogP contribution in [0.2, 0.25) is 0 Å². The first-order valence-electron chi connectivity index (χ1n) is 7.75. The summed E-state index contributed by atoms with van der Waals surface area (Å²) in [7, 11) is 0. The highest BCUT2D eigenvalue weighted by molar-refractivity contribution is 5.94. The summed E-state index contributed by atoms with van der Waals surface area (Å²) in [5, 5.41) is 3.09. The van der Waals surface area contributed by atoms with Gasteiger partial charge in [0.15, 0.2) is 0 Å². The number of nitrogens with one attached hydrogen (secondary N) is 2. The molecule has 1 amide bonds. The molecule has 0 spiro atoms. The number of amides is 1. The molecule has 1 aliphatic rings. The summed E-state index contributed by atoms with van der Waals surface area (Å²) < 4.78 is 0. The molecule has 0 saturated heterocycles. The number of aromatic nitrogens is 1. The van der Waals surface area contributed by atoms with Crippen LogP contribution in [-0.4, -0.2) is 17.4 Å². The number of hydrogen-bond donors (Lipinski definition) is 3. The minimum Gasteiger partial charge on any atom is -0.351 e. The monoisotopic (exact) mass is 290 g/mol. The van der Waals surface area contributed by atoms with Gasteiger partial charge in [-0.2, -0.15) is 0 Å². The lowest BCUT2D eigenvalue weighted by molar-refractivity contribution is 0.0921. The molecule has 0 radical (unpaired) electrons. The van der Waals surface area contributed by atoms with Crippen molar-refractivity contribution < 1.29 is 4.79 Å². The van der Waals surface area contributed by atoms with Crippen molar-refractivity contribution in [1.82, 2.24) is 10.3 Å². The lowest BCUT2D eigenvalue weighted by Gasteiger charge is -2.31. The van der Waals surface area contributed by atoms with Gasteiger partial charge >= 0.3 is 0 Å². The summed E-state index contributed by atoms with van der Waals surface area (Å²) in [6.45, 7) is 5.27. The van der Waals surface area contributed by atoms with Gasteiger partial charge in [-0.3, -0.25) is 4.79 Å². The molecular formula is C16H26N4O. The number of nitrogens with two attached hydrogens (primary N) is 1. The fourth-order valence-electron chi connectivity index (χ4n) is 3.43. The molecule has 2 rings (SSSR count). The smallest absolute Gasteiger partial charge is 0.252 e. The Hall–Kier alpha value is -1.62. The van der Waals surface area contributed by atoms with Gasteiger partial charge in [-0.15, -0.1) is 0 Å². The predicted molar refractivity (Wildman–Crippen MR) is 84.7 cm³/mol. The summed E-state index contributed by atoms with van der Waals surface area (Å²) in [5.41, 5.74) is 3.32. The van der Waals surface area contributed by atoms with E-state index in [9.17, 15) is 4.79 Å². The highest BCUT2D eigenvalue weighted by Crippen LogP contribution is 2.42. The lowest BCUT2D eigenvalue weighted by Crippen LogP contribution is -2.36. The third kappa shape index (κ3) is 4.17. The zero-order valence-electron chi connectivity index (χ0n) is 13.0. The Morgan fingerprint density at radius 1 is 1.38 bits per heavy atom. The molecule has 1 aromatic rings. The number of carbonyl (C=O) groups excluding carboxylic acids is 1. The van der Waals surface area contributed by atoms with Gasteiger partial charge in [0.25, 0.3) is 5.91 Å². The van der Waals surface area contributed by atoms with E-state index >= 15 is 0 Å². The number of hydrogen-bond acceptors (Lipinski definition) is 4. The lowest BCUT2D eigenvalue weighted by atomic mass is 9.78. The number of carbonyl (C=O) groups is 1. The van der Waals surface area contributed by atoms with Gasteiger partial charge in [0.05, 0.1) is 5.56 Å². The molecule has 1 aliphatic carbocycles. The number of anilines is 1. The van der Waals surface area contributed by atoms with Crippen molar-refractivity contribution in [3.05, 3.63) is 23.9 Å². The van der Waals surface area contributed by atoms with Crippen LogP contribution in [0.15, 0.2) is 18.3 Å². The molecule has 1 aromatic heterocycles. The number of rotatable bonds is 6. The van der Waals surface area contributed by atoms with Crippen molar-refractivity contribution in [1.29, 1.82) is 0 Å². The van der Waals surface area contributed by atoms with Crippen molar-refractivity contribution in [2.75, 3.05) is 12.0 Å². The molecule has 1 saturated carbocycles. The quantitative estimate of drug-likeness (QED) is 0.556. The molecule has 5 nitrogen and oxygen atoms in total. The minimum absolute atomic E-state index is 0.0545. The Morgan fingerprint density at radius 2 is 2.10 bits per heavy atom. The van der Waals surface area contributed by atoms with E-state index in [1.54, 1.807) is 18.3 Å². The Labute approximate surface area is 126 Å². The average molecular weight is 290 g/mol. The van der Waals surface area contributed by atoms with Crippen molar-refractivity contribution in [2.45, 2.75) is 46.0 Å². The van der Waals surface area contributed by atoms with Crippen LogP contribution in [0.1, 0.15) is 56.3 Å². The Balaban J connectivity index is 1.95. The predicted octanol–water partition coefficient (Wildman–Crippen LogP) is 2.70. The highest BCUT2D eigenvalue weighted by atomic mass is 16.1. The zero-order chi connectivity index (χ0) is 15.3. The normalized spacial score (nSPS) is 17.0. The second kappa shape index (κ2) is 6.89. The minimum atomic E-state index is -0.0545. The molecule has 0 atom stereocenters. The van der Waals surface area contributed by atoms with Crippen LogP contribution in [0.25, 0.3) is 0 Å². The molecule has 0 aliphatic heterocycles. The number of nitrogen functional groups attached to an aromatic ring is 1. The number of nitrogens with zero attached hydrogens (tertiary/aromatic N) is 1. The summed E-state index contributed by atoms with van der Waals surface area (Å²) >= 11 is 0. The second-order valence-electron chi connectivity index (χ2n) is 6.56. The van der Waals surface area contributed by atoms with E-state index in [2.05, 4.69) is 29.6 Å². The Bertz CT molecular complexity index is 464. The van der Waals surface area contributed by atoms with Gasteiger partial charge in [-0.1, -0.05) is 26.7 Å². The SMILES string of the molecule is CC(C)CC1(CNC(=O)c2ccc(NN)nc2)CCCC1. The van der Waals surface area contributed by atoms with Crippen LogP contribution >= 0.6 is 0 Å². The van der Waals surface area contributed by atoms with Gasteiger partial charge in [0.1, 0.15) is 5.82 Å². The maximum Gasteiger partial charge on any atom is 0.252 e. The van der Waals surface area contributed by atoms with Crippen LogP contribution in [0.5, 0.6) is 0 Å². The van der Waals surface area contributed by atoms with E-state index in [0.717, 1.165) is 6.54 Å². The summed E-state index contributed by atoms with van der Waals surface area (Å²) in [5.74, 6) is 6.43. The van der Waals surface area contributed by atoms with Gasteiger partial charge < -0.3 is 10.7 Å². The number of pyridine rings is 1. The van der Waals surface area contributed by atoms with Crippen LogP contribution in [-0.2, 0) is 0 Å². The van der Waals surface area contributed by atoms with Crippen molar-refractivity contribution in [3.8, 4) is 0 Å². The molecule has 0 unspecified atom stereocenters. The third-order valence-electron chi connectivity index (χ3n) is 4.30. The first-order valence-corrected chi connectivity index (χ1v) is 7.75. The molecule has 4 N–H and O–H groups in total. The largest absolute Gasteiger partial charge is 0.351 e. The fraction of sp³-hybridized carbons (Fsp3) is 0.625. The Morgan fingerprint density at radius 3 is 2.62 bits per heavy atom. The van der Waals surface area contributed by atoms with Crippen LogP contribution in [0.3, 0.4) is 0 Å². The maximum atomic E-state index is 12.2. The van der Waals surface area contributed by atoms with Crippen LogP contribution in [0.4, 0.5) is 5.82 Å².